The van der Waals surface area contributed by atoms with Gasteiger partial charge in [-0.3, -0.25) is 0 Å². The minimum Gasteiger partial charge on any atom is -0.313 e. The van der Waals surface area contributed by atoms with Crippen molar-refractivity contribution in [3.8, 4) is 0 Å². The van der Waals surface area contributed by atoms with Gasteiger partial charge in [0.25, 0.3) is 0 Å². The first-order valence-corrected chi connectivity index (χ1v) is 7.50. The predicted molar refractivity (Wildman–Crippen MR) is 78.0 cm³/mol. The lowest BCUT2D eigenvalue weighted by Gasteiger charge is -2.22. The summed E-state index contributed by atoms with van der Waals surface area (Å²) >= 11 is 1.68. The Morgan fingerprint density at radius 3 is 2.89 bits per heavy atom. The Labute approximate surface area is 113 Å². The van der Waals surface area contributed by atoms with Crippen LogP contribution in [-0.4, -0.2) is 22.6 Å². The average Bonchev–Trinajstić information content (AvgIpc) is 2.83. The first kappa shape index (κ1) is 13.4. The monoisotopic (exact) mass is 263 g/mol. The number of hydrogen-bond donors (Lipinski definition) is 1. The van der Waals surface area contributed by atoms with E-state index in [2.05, 4.69) is 47.5 Å². The quantitative estimate of drug-likeness (QED) is 0.869. The van der Waals surface area contributed by atoms with Gasteiger partial charge in [0.15, 0.2) is 0 Å². The van der Waals surface area contributed by atoms with Gasteiger partial charge in [-0.1, -0.05) is 20.8 Å². The van der Waals surface area contributed by atoms with Crippen LogP contribution in [0.2, 0.25) is 0 Å². The van der Waals surface area contributed by atoms with Crippen LogP contribution < -0.4 is 5.32 Å². The summed E-state index contributed by atoms with van der Waals surface area (Å²) in [6.07, 6.45) is 3.83. The molecular weight excluding hydrogens is 242 g/mol. The number of aromatic nitrogens is 2. The molecule has 3 nitrogen and oxygen atoms in total. The van der Waals surface area contributed by atoms with Crippen LogP contribution in [0.15, 0.2) is 17.8 Å². The summed E-state index contributed by atoms with van der Waals surface area (Å²) in [6, 6.07) is 2.62. The molecule has 4 heteroatoms. The Balaban J connectivity index is 2.17. The molecule has 0 aromatic carbocycles. The van der Waals surface area contributed by atoms with Crippen molar-refractivity contribution in [3.05, 3.63) is 23.5 Å². The Hall–Kier alpha value is -1.00. The highest BCUT2D eigenvalue weighted by Crippen LogP contribution is 2.22. The van der Waals surface area contributed by atoms with Crippen molar-refractivity contribution in [2.24, 2.45) is 5.92 Å². The zero-order valence-electron chi connectivity index (χ0n) is 11.3. The number of fused-ring (bicyclic) bond motifs is 1. The molecule has 1 atom stereocenters. The van der Waals surface area contributed by atoms with Crippen LogP contribution in [0.3, 0.4) is 0 Å². The molecule has 2 aromatic heterocycles. The highest BCUT2D eigenvalue weighted by molar-refractivity contribution is 7.16. The highest BCUT2D eigenvalue weighted by atomic mass is 32.1. The lowest BCUT2D eigenvalue weighted by molar-refractivity contribution is 0.395. The van der Waals surface area contributed by atoms with Gasteiger partial charge in [0.1, 0.15) is 11.2 Å². The van der Waals surface area contributed by atoms with Crippen LogP contribution in [0.5, 0.6) is 0 Å². The van der Waals surface area contributed by atoms with Crippen LogP contribution in [0.4, 0.5) is 0 Å². The summed E-state index contributed by atoms with van der Waals surface area (Å²) < 4.78 is 0. The minimum absolute atomic E-state index is 0.489. The zero-order chi connectivity index (χ0) is 13.0. The maximum Gasteiger partial charge on any atom is 0.126 e. The second kappa shape index (κ2) is 6.25. The molecule has 0 amide bonds. The van der Waals surface area contributed by atoms with Crippen LogP contribution in [0.25, 0.3) is 10.2 Å². The standard InChI is InChI=1S/C14H21N3S/c1-4-6-15-12(10(2)3)8-13-11-5-7-18-14(11)17-9-16-13/h5,7,9-10,12,15H,4,6,8H2,1-3H3. The molecule has 1 unspecified atom stereocenters. The van der Waals surface area contributed by atoms with E-state index in [1.54, 1.807) is 17.7 Å². The normalized spacial score (nSPS) is 13.3. The van der Waals surface area contributed by atoms with E-state index >= 15 is 0 Å². The zero-order valence-corrected chi connectivity index (χ0v) is 12.1. The van der Waals surface area contributed by atoms with Crippen molar-refractivity contribution >= 4 is 21.6 Å². The van der Waals surface area contributed by atoms with Crippen molar-refractivity contribution < 1.29 is 0 Å². The van der Waals surface area contributed by atoms with Crippen molar-refractivity contribution in [2.75, 3.05) is 6.54 Å². The van der Waals surface area contributed by atoms with Gasteiger partial charge < -0.3 is 5.32 Å². The molecule has 0 bridgehead atoms. The van der Waals surface area contributed by atoms with E-state index in [4.69, 9.17) is 0 Å². The maximum atomic E-state index is 4.46. The predicted octanol–water partition coefficient (Wildman–Crippen LogP) is 3.26. The third-order valence-corrected chi connectivity index (χ3v) is 4.04. The van der Waals surface area contributed by atoms with Crippen molar-refractivity contribution in [1.29, 1.82) is 0 Å². The first-order chi connectivity index (χ1) is 8.72. The number of nitrogens with one attached hydrogen (secondary N) is 1. The van der Waals surface area contributed by atoms with E-state index in [0.717, 1.165) is 17.8 Å². The fourth-order valence-corrected chi connectivity index (χ4v) is 2.84. The van der Waals surface area contributed by atoms with Crippen LogP contribution in [-0.2, 0) is 6.42 Å². The lowest BCUT2D eigenvalue weighted by atomic mass is 9.98. The largest absolute Gasteiger partial charge is 0.313 e. The third-order valence-electron chi connectivity index (χ3n) is 3.22. The van der Waals surface area contributed by atoms with Crippen molar-refractivity contribution in [2.45, 2.75) is 39.7 Å². The van der Waals surface area contributed by atoms with Crippen molar-refractivity contribution in [1.82, 2.24) is 15.3 Å². The highest BCUT2D eigenvalue weighted by Gasteiger charge is 2.15. The van der Waals surface area contributed by atoms with Gasteiger partial charge in [-0.15, -0.1) is 11.3 Å². The summed E-state index contributed by atoms with van der Waals surface area (Å²) in [7, 11) is 0. The second-order valence-corrected chi connectivity index (χ2v) is 5.86. The molecule has 18 heavy (non-hydrogen) atoms. The summed E-state index contributed by atoms with van der Waals surface area (Å²) in [4.78, 5) is 9.86. The van der Waals surface area contributed by atoms with Gasteiger partial charge in [0, 0.05) is 17.8 Å². The maximum absolute atomic E-state index is 4.46. The van der Waals surface area contributed by atoms with Crippen LogP contribution in [0.1, 0.15) is 32.9 Å². The Morgan fingerprint density at radius 2 is 2.17 bits per heavy atom. The Kier molecular flexibility index (Phi) is 4.66. The van der Waals surface area contributed by atoms with Gasteiger partial charge >= 0.3 is 0 Å². The number of hydrogen-bond acceptors (Lipinski definition) is 4. The fourth-order valence-electron chi connectivity index (χ4n) is 2.09. The van der Waals surface area contributed by atoms with Crippen molar-refractivity contribution in [3.63, 3.8) is 0 Å². The molecule has 0 saturated carbocycles. The van der Waals surface area contributed by atoms with Gasteiger partial charge in [-0.2, -0.15) is 0 Å². The molecular formula is C14H21N3S. The van der Waals surface area contributed by atoms with Gasteiger partial charge in [-0.05, 0) is 30.3 Å². The molecule has 2 aromatic rings. The smallest absolute Gasteiger partial charge is 0.126 e. The molecule has 0 saturated heterocycles. The van der Waals surface area contributed by atoms with Gasteiger partial charge in [-0.25, -0.2) is 9.97 Å². The minimum atomic E-state index is 0.489. The third kappa shape index (κ3) is 3.06. The molecule has 0 aliphatic heterocycles. The molecule has 2 heterocycles. The molecule has 98 valence electrons. The van der Waals surface area contributed by atoms with Gasteiger partial charge in [0.2, 0.25) is 0 Å². The molecule has 0 radical (unpaired) electrons. The number of thiophene rings is 1. The summed E-state index contributed by atoms with van der Waals surface area (Å²) in [5, 5.41) is 6.92. The SMILES string of the molecule is CCCNC(Cc1ncnc2sccc12)C(C)C. The van der Waals surface area contributed by atoms with Crippen LogP contribution >= 0.6 is 11.3 Å². The second-order valence-electron chi connectivity index (χ2n) is 4.97. The first-order valence-electron chi connectivity index (χ1n) is 6.62. The number of rotatable bonds is 6. The molecule has 0 fully saturated rings. The Bertz CT molecular complexity index is 492. The van der Waals surface area contributed by atoms with E-state index in [1.165, 1.54) is 17.5 Å². The average molecular weight is 263 g/mol. The molecule has 1 N–H and O–H groups in total. The number of nitrogens with zero attached hydrogens (tertiary/aromatic N) is 2. The Morgan fingerprint density at radius 1 is 1.33 bits per heavy atom. The summed E-state index contributed by atoms with van der Waals surface area (Å²) in [5.74, 6) is 0.611. The fraction of sp³-hybridized carbons (Fsp3) is 0.571. The summed E-state index contributed by atoms with van der Waals surface area (Å²) in [5.41, 5.74) is 1.17. The van der Waals surface area contributed by atoms with E-state index in [0.29, 0.717) is 12.0 Å². The molecule has 2 rings (SSSR count). The van der Waals surface area contributed by atoms with E-state index in [-0.39, 0.29) is 0 Å². The molecule has 0 spiro atoms. The molecule has 0 aliphatic rings. The van der Waals surface area contributed by atoms with E-state index in [1.807, 2.05) is 0 Å². The summed E-state index contributed by atoms with van der Waals surface area (Å²) in [6.45, 7) is 7.80. The van der Waals surface area contributed by atoms with Gasteiger partial charge in [0.05, 0.1) is 5.69 Å². The topological polar surface area (TPSA) is 37.8 Å². The van der Waals surface area contributed by atoms with Crippen LogP contribution in [0, 0.1) is 5.92 Å². The van der Waals surface area contributed by atoms with E-state index in [9.17, 15) is 0 Å². The van der Waals surface area contributed by atoms with E-state index < -0.39 is 0 Å². The molecule has 0 aliphatic carbocycles. The lowest BCUT2D eigenvalue weighted by Crippen LogP contribution is -2.36.